The van der Waals surface area contributed by atoms with Gasteiger partial charge in [-0.15, -0.1) is 21.5 Å². The Morgan fingerprint density at radius 1 is 0.983 bits per heavy atom. The van der Waals surface area contributed by atoms with Crippen LogP contribution in [0.25, 0.3) is 5.00 Å². The quantitative estimate of drug-likeness (QED) is 0.146. The molecule has 1 unspecified atom stereocenters. The van der Waals surface area contributed by atoms with E-state index in [9.17, 15) is 24.0 Å². The molecular formula is C41H45ClN10O5S. The SMILES string of the molecule is Cc1sc2c(c1C)C(c1ccc(Cl)cc1)=N[C@@H](CC(=O)NN1CCN(C(=O)CCCCNc3cccc4c3CN(C3CCC(=O)NC3=O)C4=O)CC1)c1nnc(C)n1-2. The van der Waals surface area contributed by atoms with Crippen LogP contribution in [0, 0.1) is 20.8 Å². The molecule has 17 heteroatoms. The normalized spacial score (nSPS) is 19.2. The highest BCUT2D eigenvalue weighted by Gasteiger charge is 2.40. The van der Waals surface area contributed by atoms with Gasteiger partial charge in [0.15, 0.2) is 5.82 Å². The van der Waals surface area contributed by atoms with E-state index in [1.807, 2.05) is 57.8 Å². The van der Waals surface area contributed by atoms with Gasteiger partial charge in [0.25, 0.3) is 5.91 Å². The molecule has 2 aromatic carbocycles. The Kier molecular flexibility index (Phi) is 11.2. The van der Waals surface area contributed by atoms with E-state index < -0.39 is 18.0 Å². The summed E-state index contributed by atoms with van der Waals surface area (Å²) in [4.78, 5) is 73.7. The van der Waals surface area contributed by atoms with Gasteiger partial charge in [-0.2, -0.15) is 0 Å². The van der Waals surface area contributed by atoms with Crippen LogP contribution in [0.3, 0.4) is 0 Å². The lowest BCUT2D eigenvalue weighted by Crippen LogP contribution is -2.54. The fourth-order valence-corrected chi connectivity index (χ4v) is 9.47. The molecule has 2 aromatic heterocycles. The number of benzene rings is 2. The number of piperidine rings is 1. The van der Waals surface area contributed by atoms with Crippen LogP contribution in [0.15, 0.2) is 47.5 Å². The molecule has 15 nitrogen and oxygen atoms in total. The van der Waals surface area contributed by atoms with Crippen molar-refractivity contribution in [2.24, 2.45) is 4.99 Å². The standard InChI is InChI=1S/C41H45ClN10O5S/c1-23-24(2)58-41-36(23)37(26-10-12-27(42)13-11-26)44-31(38-47-46-25(3)52(38)41)21-34(54)48-50-19-17-49(18-20-50)35(55)9-4-5-16-43-30-8-6-7-28-29(30)22-51(40(28)57)32-14-15-33(53)45-39(32)56/h6-8,10-13,31-32,43H,4-5,9,14-22H2,1-3H3,(H,48,54)(H,45,53,56)/t31-,32?/m0/s1. The highest BCUT2D eigenvalue weighted by molar-refractivity contribution is 7.15. The van der Waals surface area contributed by atoms with Crippen molar-refractivity contribution in [3.8, 4) is 5.00 Å². The van der Waals surface area contributed by atoms with Crippen LogP contribution >= 0.6 is 22.9 Å². The molecule has 4 aliphatic rings. The monoisotopic (exact) mass is 824 g/mol. The third-order valence-corrected chi connectivity index (χ3v) is 12.8. The first-order chi connectivity index (χ1) is 28.0. The molecule has 6 heterocycles. The molecular weight excluding hydrogens is 780 g/mol. The van der Waals surface area contributed by atoms with Crippen molar-refractivity contribution >= 4 is 63.9 Å². The van der Waals surface area contributed by atoms with Crippen molar-refractivity contribution in [3.63, 3.8) is 0 Å². The number of thiophene rings is 1. The summed E-state index contributed by atoms with van der Waals surface area (Å²) in [5.41, 5.74) is 9.10. The number of rotatable bonds is 11. The molecule has 302 valence electrons. The van der Waals surface area contributed by atoms with Crippen molar-refractivity contribution in [2.75, 3.05) is 38.0 Å². The number of anilines is 1. The highest BCUT2D eigenvalue weighted by atomic mass is 35.5. The molecule has 0 aliphatic carbocycles. The minimum Gasteiger partial charge on any atom is -0.385 e. The summed E-state index contributed by atoms with van der Waals surface area (Å²) in [5, 5.41) is 18.1. The molecule has 0 bridgehead atoms. The smallest absolute Gasteiger partial charge is 0.255 e. The van der Waals surface area contributed by atoms with E-state index >= 15 is 0 Å². The van der Waals surface area contributed by atoms with Gasteiger partial charge in [-0.25, -0.2) is 5.01 Å². The number of nitrogens with one attached hydrogen (secondary N) is 3. The Hall–Kier alpha value is -5.45. The Labute approximate surface area is 344 Å². The number of imide groups is 1. The zero-order valence-corrected chi connectivity index (χ0v) is 34.2. The first kappa shape index (κ1) is 39.4. The maximum atomic E-state index is 13.6. The van der Waals surface area contributed by atoms with Gasteiger partial charge >= 0.3 is 0 Å². The molecule has 8 rings (SSSR count). The number of carbonyl (C=O) groups is 5. The zero-order chi connectivity index (χ0) is 40.7. The fourth-order valence-electron chi connectivity index (χ4n) is 8.13. The molecule has 0 saturated carbocycles. The third-order valence-electron chi connectivity index (χ3n) is 11.4. The number of carbonyl (C=O) groups excluding carboxylic acids is 5. The minimum absolute atomic E-state index is 0.0650. The van der Waals surface area contributed by atoms with Gasteiger partial charge in [0.05, 0.1) is 12.1 Å². The summed E-state index contributed by atoms with van der Waals surface area (Å²) in [7, 11) is 0. The van der Waals surface area contributed by atoms with Crippen LogP contribution in [0.5, 0.6) is 0 Å². The lowest BCUT2D eigenvalue weighted by Gasteiger charge is -2.35. The number of amides is 5. The maximum Gasteiger partial charge on any atom is 0.255 e. The van der Waals surface area contributed by atoms with Crippen LogP contribution in [0.1, 0.15) is 93.7 Å². The van der Waals surface area contributed by atoms with E-state index in [2.05, 4.69) is 40.1 Å². The fraction of sp³-hybridized carbons (Fsp3) is 0.415. The van der Waals surface area contributed by atoms with Crippen LogP contribution in [0.4, 0.5) is 5.69 Å². The number of piperazine rings is 1. The number of hydrogen-bond donors (Lipinski definition) is 3. The summed E-state index contributed by atoms with van der Waals surface area (Å²) in [6, 6.07) is 11.8. The minimum atomic E-state index is -0.664. The molecule has 2 atom stereocenters. The number of nitrogens with zero attached hydrogens (tertiary/aromatic N) is 7. The second-order valence-corrected chi connectivity index (χ2v) is 16.8. The van der Waals surface area contributed by atoms with E-state index in [1.165, 1.54) is 4.88 Å². The summed E-state index contributed by atoms with van der Waals surface area (Å²) in [6.45, 7) is 9.01. The van der Waals surface area contributed by atoms with Crippen LogP contribution < -0.4 is 16.1 Å². The number of aliphatic imine (C=N–C) groups is 1. The van der Waals surface area contributed by atoms with E-state index in [0.717, 1.165) is 50.9 Å². The summed E-state index contributed by atoms with van der Waals surface area (Å²) in [6.07, 6.45) is 2.43. The molecule has 4 aliphatic heterocycles. The van der Waals surface area contributed by atoms with E-state index in [-0.39, 0.29) is 36.5 Å². The predicted molar refractivity (Wildman–Crippen MR) is 219 cm³/mol. The number of halogens is 1. The van der Waals surface area contributed by atoms with Crippen LogP contribution in [-0.2, 0) is 25.7 Å². The van der Waals surface area contributed by atoms with Crippen molar-refractivity contribution in [3.05, 3.63) is 91.8 Å². The first-order valence-corrected chi connectivity index (χ1v) is 20.8. The molecule has 0 spiro atoms. The Balaban J connectivity index is 0.818. The third kappa shape index (κ3) is 7.75. The van der Waals surface area contributed by atoms with Gasteiger partial charge in [-0.3, -0.25) is 44.3 Å². The second kappa shape index (κ2) is 16.4. The van der Waals surface area contributed by atoms with Crippen molar-refractivity contribution in [2.45, 2.75) is 77.9 Å². The summed E-state index contributed by atoms with van der Waals surface area (Å²) < 4.78 is 2.03. The van der Waals surface area contributed by atoms with E-state index in [1.54, 1.807) is 22.3 Å². The van der Waals surface area contributed by atoms with Gasteiger partial charge in [0, 0.05) is 90.0 Å². The molecule has 0 radical (unpaired) electrons. The van der Waals surface area contributed by atoms with Crippen LogP contribution in [0.2, 0.25) is 5.02 Å². The zero-order valence-electron chi connectivity index (χ0n) is 32.6. The molecule has 58 heavy (non-hydrogen) atoms. The first-order valence-electron chi connectivity index (χ1n) is 19.7. The van der Waals surface area contributed by atoms with Crippen LogP contribution in [-0.4, -0.2) is 104 Å². The lowest BCUT2D eigenvalue weighted by molar-refractivity contribution is -0.137. The second-order valence-electron chi connectivity index (χ2n) is 15.1. The Bertz CT molecular complexity index is 2330. The predicted octanol–water partition coefficient (Wildman–Crippen LogP) is 4.41. The number of hydrogen-bond acceptors (Lipinski definition) is 11. The van der Waals surface area contributed by atoms with Crippen molar-refractivity contribution < 1.29 is 24.0 Å². The summed E-state index contributed by atoms with van der Waals surface area (Å²) in [5.74, 6) is 0.266. The molecule has 2 saturated heterocycles. The van der Waals surface area contributed by atoms with Gasteiger partial charge in [0.1, 0.15) is 22.9 Å². The van der Waals surface area contributed by atoms with Crippen molar-refractivity contribution in [1.82, 2.24) is 40.3 Å². The molecule has 3 N–H and O–H groups in total. The van der Waals surface area contributed by atoms with Gasteiger partial charge in [0.2, 0.25) is 23.6 Å². The van der Waals surface area contributed by atoms with Gasteiger partial charge in [-0.05, 0) is 69.9 Å². The van der Waals surface area contributed by atoms with E-state index in [4.69, 9.17) is 16.6 Å². The lowest BCUT2D eigenvalue weighted by atomic mass is 9.99. The Morgan fingerprint density at radius 3 is 2.52 bits per heavy atom. The van der Waals surface area contributed by atoms with Crippen molar-refractivity contribution in [1.29, 1.82) is 0 Å². The molecule has 2 fully saturated rings. The largest absolute Gasteiger partial charge is 0.385 e. The Morgan fingerprint density at radius 2 is 1.76 bits per heavy atom. The number of aryl methyl sites for hydroxylation is 2. The van der Waals surface area contributed by atoms with Gasteiger partial charge < -0.3 is 15.1 Å². The van der Waals surface area contributed by atoms with E-state index in [0.29, 0.717) is 74.9 Å². The number of unbranched alkanes of at least 4 members (excludes halogenated alkanes) is 1. The number of hydrazine groups is 1. The van der Waals surface area contributed by atoms with Gasteiger partial charge in [-0.1, -0.05) is 29.8 Å². The highest BCUT2D eigenvalue weighted by Crippen LogP contribution is 2.40. The molecule has 5 amide bonds. The number of fused-ring (bicyclic) bond motifs is 4. The molecule has 4 aromatic rings. The average molecular weight is 825 g/mol. The summed E-state index contributed by atoms with van der Waals surface area (Å²) >= 11 is 7.91. The topological polar surface area (TPSA) is 174 Å². The maximum absolute atomic E-state index is 13.6. The average Bonchev–Trinajstić information content (AvgIpc) is 3.82. The number of aromatic nitrogens is 3.